The molecule has 0 unspecified atom stereocenters. The molecule has 25 heavy (non-hydrogen) atoms. The van der Waals surface area contributed by atoms with Gasteiger partial charge in [-0.25, -0.2) is 0 Å². The third-order valence-corrected chi connectivity index (χ3v) is 4.06. The molecule has 3 rings (SSSR count). The molecule has 0 bridgehead atoms. The number of hydrogen-bond donors (Lipinski definition) is 0. The number of carbonyl (C=O) groups is 2. The lowest BCUT2D eigenvalue weighted by Crippen LogP contribution is -2.05. The smallest absolute Gasteiger partial charge is 0.310 e. The molecule has 0 atom stereocenters. The van der Waals surface area contributed by atoms with Crippen LogP contribution in [0.3, 0.4) is 0 Å². The van der Waals surface area contributed by atoms with Gasteiger partial charge in [0, 0.05) is 12.5 Å². The van der Waals surface area contributed by atoms with E-state index in [1.807, 2.05) is 24.3 Å². The summed E-state index contributed by atoms with van der Waals surface area (Å²) in [5.41, 5.74) is 2.62. The van der Waals surface area contributed by atoms with Crippen molar-refractivity contribution in [2.24, 2.45) is 0 Å². The average Bonchev–Trinajstić information content (AvgIpc) is 2.90. The molecule has 2 aromatic rings. The van der Waals surface area contributed by atoms with Crippen molar-refractivity contribution in [3.8, 4) is 11.5 Å². The molecule has 0 spiro atoms. The van der Waals surface area contributed by atoms with E-state index < -0.39 is 0 Å². The van der Waals surface area contributed by atoms with Crippen LogP contribution in [0.15, 0.2) is 48.2 Å². The lowest BCUT2D eigenvalue weighted by atomic mass is 10.0. The zero-order valence-electron chi connectivity index (χ0n) is 14.5. The number of fused-ring (bicyclic) bond motifs is 1. The molecular formula is C21H20O4. The van der Waals surface area contributed by atoms with Gasteiger partial charge in [0.25, 0.3) is 0 Å². The maximum absolute atomic E-state index is 12.5. The Bertz CT molecular complexity index is 845. The van der Waals surface area contributed by atoms with Crippen LogP contribution in [0.4, 0.5) is 0 Å². The summed E-state index contributed by atoms with van der Waals surface area (Å²) in [6, 6.07) is 12.8. The summed E-state index contributed by atoms with van der Waals surface area (Å²) >= 11 is 0. The molecule has 0 saturated heterocycles. The van der Waals surface area contributed by atoms with Crippen LogP contribution in [0.2, 0.25) is 0 Å². The Morgan fingerprint density at radius 2 is 1.88 bits per heavy atom. The number of ketones is 1. The summed E-state index contributed by atoms with van der Waals surface area (Å²) in [5.74, 6) is 1.02. The van der Waals surface area contributed by atoms with Crippen LogP contribution in [0.5, 0.6) is 11.5 Å². The van der Waals surface area contributed by atoms with Crippen LogP contribution in [0.1, 0.15) is 54.6 Å². The predicted octanol–water partition coefficient (Wildman–Crippen LogP) is 4.74. The number of hydrogen-bond acceptors (Lipinski definition) is 4. The number of ether oxygens (including phenoxy) is 2. The zero-order chi connectivity index (χ0) is 18.0. The van der Waals surface area contributed by atoms with Crippen molar-refractivity contribution in [3.05, 3.63) is 64.9 Å². The molecule has 0 saturated carbocycles. The Labute approximate surface area is 147 Å². The van der Waals surface area contributed by atoms with Crippen LogP contribution >= 0.6 is 0 Å². The van der Waals surface area contributed by atoms with Gasteiger partial charge in [-0.2, -0.15) is 0 Å². The molecule has 1 aliphatic rings. The second-order valence-electron chi connectivity index (χ2n) is 6.25. The maximum atomic E-state index is 12.5. The Morgan fingerprint density at radius 3 is 2.52 bits per heavy atom. The molecule has 0 radical (unpaired) electrons. The summed E-state index contributed by atoms with van der Waals surface area (Å²) in [7, 11) is 0. The van der Waals surface area contributed by atoms with Crippen molar-refractivity contribution in [2.45, 2.75) is 33.1 Å². The molecule has 2 aromatic carbocycles. The number of benzene rings is 2. The predicted molar refractivity (Wildman–Crippen MR) is 95.8 cm³/mol. The first-order chi connectivity index (χ1) is 12.0. The van der Waals surface area contributed by atoms with Gasteiger partial charge < -0.3 is 9.47 Å². The van der Waals surface area contributed by atoms with Gasteiger partial charge in [0.1, 0.15) is 11.5 Å². The van der Waals surface area contributed by atoms with Gasteiger partial charge >= 0.3 is 5.97 Å². The summed E-state index contributed by atoms with van der Waals surface area (Å²) in [5, 5.41) is 0. The minimum atomic E-state index is -0.328. The first-order valence-corrected chi connectivity index (χ1v) is 8.37. The van der Waals surface area contributed by atoms with E-state index in [2.05, 4.69) is 13.8 Å². The van der Waals surface area contributed by atoms with Gasteiger partial charge in [0.2, 0.25) is 5.78 Å². The molecule has 0 aliphatic carbocycles. The van der Waals surface area contributed by atoms with E-state index in [1.54, 1.807) is 31.2 Å². The van der Waals surface area contributed by atoms with Gasteiger partial charge in [-0.1, -0.05) is 45.0 Å². The normalized spacial score (nSPS) is 14.6. The van der Waals surface area contributed by atoms with E-state index in [9.17, 15) is 9.59 Å². The van der Waals surface area contributed by atoms with E-state index in [0.29, 0.717) is 23.0 Å². The first-order valence-electron chi connectivity index (χ1n) is 8.37. The van der Waals surface area contributed by atoms with Gasteiger partial charge in [0.15, 0.2) is 5.76 Å². The van der Waals surface area contributed by atoms with Crippen molar-refractivity contribution in [3.63, 3.8) is 0 Å². The first kappa shape index (κ1) is 17.0. The summed E-state index contributed by atoms with van der Waals surface area (Å²) in [6.45, 7) is 5.99. The molecule has 1 heterocycles. The zero-order valence-corrected chi connectivity index (χ0v) is 14.5. The van der Waals surface area contributed by atoms with E-state index in [1.165, 1.54) is 5.56 Å². The maximum Gasteiger partial charge on any atom is 0.310 e. The van der Waals surface area contributed by atoms with Gasteiger partial charge in [-0.3, -0.25) is 9.59 Å². The molecule has 0 fully saturated rings. The highest BCUT2D eigenvalue weighted by molar-refractivity contribution is 6.14. The van der Waals surface area contributed by atoms with E-state index in [-0.39, 0.29) is 23.9 Å². The molecule has 1 aliphatic heterocycles. The van der Waals surface area contributed by atoms with Gasteiger partial charge in [0.05, 0.1) is 5.56 Å². The Kier molecular flexibility index (Phi) is 4.70. The standard InChI is InChI=1S/C21H20O4/c1-4-20(22)24-16-9-10-17-18(12-16)25-19(21(17)23)11-14-5-7-15(8-6-14)13(2)3/h5-13H,4H2,1-3H3/b19-11-. The Morgan fingerprint density at radius 1 is 1.16 bits per heavy atom. The molecule has 4 heteroatoms. The van der Waals surface area contributed by atoms with Gasteiger partial charge in [-0.15, -0.1) is 0 Å². The fourth-order valence-corrected chi connectivity index (χ4v) is 2.56. The minimum absolute atomic E-state index is 0.170. The van der Waals surface area contributed by atoms with Crippen molar-refractivity contribution in [1.82, 2.24) is 0 Å². The van der Waals surface area contributed by atoms with Crippen molar-refractivity contribution >= 4 is 17.8 Å². The fraction of sp³-hybridized carbons (Fsp3) is 0.238. The lowest BCUT2D eigenvalue weighted by molar-refractivity contribution is -0.134. The molecule has 0 aromatic heterocycles. The number of Topliss-reactive ketones (excluding diaryl/α,β-unsaturated/α-hetero) is 1. The summed E-state index contributed by atoms with van der Waals surface area (Å²) in [4.78, 5) is 23.9. The highest BCUT2D eigenvalue weighted by Crippen LogP contribution is 2.35. The third kappa shape index (κ3) is 3.63. The summed E-state index contributed by atoms with van der Waals surface area (Å²) < 4.78 is 10.8. The minimum Gasteiger partial charge on any atom is -0.452 e. The quantitative estimate of drug-likeness (QED) is 0.460. The highest BCUT2D eigenvalue weighted by Gasteiger charge is 2.27. The number of allylic oxidation sites excluding steroid dienone is 1. The third-order valence-electron chi connectivity index (χ3n) is 4.06. The van der Waals surface area contributed by atoms with Crippen molar-refractivity contribution < 1.29 is 19.1 Å². The van der Waals surface area contributed by atoms with Crippen LogP contribution in [0.25, 0.3) is 6.08 Å². The van der Waals surface area contributed by atoms with Crippen LogP contribution in [-0.2, 0) is 4.79 Å². The molecule has 4 nitrogen and oxygen atoms in total. The summed E-state index contributed by atoms with van der Waals surface area (Å²) in [6.07, 6.45) is 2.01. The van der Waals surface area contributed by atoms with Gasteiger partial charge in [-0.05, 0) is 35.3 Å². The van der Waals surface area contributed by atoms with Crippen LogP contribution in [0, 0.1) is 0 Å². The number of esters is 1. The lowest BCUT2D eigenvalue weighted by Gasteiger charge is -2.05. The van der Waals surface area contributed by atoms with Crippen molar-refractivity contribution in [1.29, 1.82) is 0 Å². The molecular weight excluding hydrogens is 316 g/mol. The largest absolute Gasteiger partial charge is 0.452 e. The molecule has 0 amide bonds. The average molecular weight is 336 g/mol. The SMILES string of the molecule is CCC(=O)Oc1ccc2c(c1)O/C(=C\c1ccc(C(C)C)cc1)C2=O. The Balaban J connectivity index is 1.83. The molecule has 128 valence electrons. The Hall–Kier alpha value is -2.88. The molecule has 0 N–H and O–H groups in total. The number of carbonyl (C=O) groups excluding carboxylic acids is 2. The van der Waals surface area contributed by atoms with E-state index in [4.69, 9.17) is 9.47 Å². The van der Waals surface area contributed by atoms with Crippen LogP contribution < -0.4 is 9.47 Å². The second-order valence-corrected chi connectivity index (χ2v) is 6.25. The number of rotatable bonds is 4. The topological polar surface area (TPSA) is 52.6 Å². The fourth-order valence-electron chi connectivity index (χ4n) is 2.56. The second kappa shape index (κ2) is 6.93. The van der Waals surface area contributed by atoms with Crippen LogP contribution in [-0.4, -0.2) is 11.8 Å². The van der Waals surface area contributed by atoms with E-state index in [0.717, 1.165) is 5.56 Å². The highest BCUT2D eigenvalue weighted by atomic mass is 16.5. The van der Waals surface area contributed by atoms with E-state index >= 15 is 0 Å². The van der Waals surface area contributed by atoms with Crippen molar-refractivity contribution in [2.75, 3.05) is 0 Å². The monoisotopic (exact) mass is 336 g/mol.